The first-order valence-corrected chi connectivity index (χ1v) is 6.35. The highest BCUT2D eigenvalue weighted by atomic mass is 16.3. The van der Waals surface area contributed by atoms with Crippen molar-refractivity contribution in [2.75, 3.05) is 6.61 Å². The molecular formula is C12H21N3O. The van der Waals surface area contributed by atoms with E-state index in [1.807, 2.05) is 10.9 Å². The zero-order valence-electron chi connectivity index (χ0n) is 9.97. The van der Waals surface area contributed by atoms with Crippen LogP contribution in [0.1, 0.15) is 50.8 Å². The molecule has 1 saturated carbocycles. The molecule has 2 rings (SSSR count). The monoisotopic (exact) mass is 223 g/mol. The maximum absolute atomic E-state index is 8.84. The molecule has 16 heavy (non-hydrogen) atoms. The van der Waals surface area contributed by atoms with Gasteiger partial charge in [-0.3, -0.25) is 0 Å². The molecule has 1 N–H and O–H groups in total. The highest BCUT2D eigenvalue weighted by molar-refractivity contribution is 4.94. The second-order valence-electron chi connectivity index (χ2n) is 4.76. The molecule has 0 bridgehead atoms. The molecule has 4 heteroatoms. The molecule has 2 atom stereocenters. The number of hydrogen-bond donors (Lipinski definition) is 1. The molecule has 0 amide bonds. The van der Waals surface area contributed by atoms with Crippen molar-refractivity contribution >= 4 is 0 Å². The van der Waals surface area contributed by atoms with Crippen molar-refractivity contribution in [3.8, 4) is 0 Å². The molecule has 1 aliphatic rings. The maximum atomic E-state index is 8.84. The van der Waals surface area contributed by atoms with Crippen LogP contribution < -0.4 is 0 Å². The van der Waals surface area contributed by atoms with Gasteiger partial charge in [-0.25, -0.2) is 4.68 Å². The maximum Gasteiger partial charge on any atom is 0.0850 e. The summed E-state index contributed by atoms with van der Waals surface area (Å²) in [6.07, 6.45) is 9.01. The predicted octanol–water partition coefficient (Wildman–Crippen LogP) is 1.95. The van der Waals surface area contributed by atoms with Gasteiger partial charge in [0.05, 0.1) is 11.7 Å². The summed E-state index contributed by atoms with van der Waals surface area (Å²) in [7, 11) is 0. The summed E-state index contributed by atoms with van der Waals surface area (Å²) in [4.78, 5) is 0. The summed E-state index contributed by atoms with van der Waals surface area (Å²) >= 11 is 0. The normalized spacial score (nSPS) is 25.9. The molecule has 0 aliphatic heterocycles. The lowest BCUT2D eigenvalue weighted by molar-refractivity contribution is 0.245. The lowest BCUT2D eigenvalue weighted by atomic mass is 9.84. The Labute approximate surface area is 96.7 Å². The average molecular weight is 223 g/mol. The summed E-state index contributed by atoms with van der Waals surface area (Å²) in [6.45, 7) is 2.42. The minimum Gasteiger partial charge on any atom is -0.396 e. The van der Waals surface area contributed by atoms with Crippen LogP contribution in [0, 0.1) is 5.92 Å². The molecule has 90 valence electrons. The van der Waals surface area contributed by atoms with Gasteiger partial charge in [0.1, 0.15) is 0 Å². The minimum atomic E-state index is 0.154. The molecule has 2 unspecified atom stereocenters. The fourth-order valence-electron chi connectivity index (χ4n) is 2.59. The van der Waals surface area contributed by atoms with Crippen molar-refractivity contribution in [2.45, 2.75) is 51.5 Å². The van der Waals surface area contributed by atoms with Gasteiger partial charge in [-0.05, 0) is 18.8 Å². The number of aliphatic hydroxyl groups is 1. The summed E-state index contributed by atoms with van der Waals surface area (Å²) in [6, 6.07) is 0.527. The standard InChI is InChI=1S/C12H21N3O/c1-2-10-4-3-5-12(8-10)15-9-11(6-7-16)13-14-15/h9-10,12,16H,2-8H2,1H3. The van der Waals surface area contributed by atoms with Crippen molar-refractivity contribution in [1.82, 2.24) is 15.0 Å². The molecule has 0 radical (unpaired) electrons. The topological polar surface area (TPSA) is 50.9 Å². The van der Waals surface area contributed by atoms with Crippen LogP contribution in [0.4, 0.5) is 0 Å². The van der Waals surface area contributed by atoms with E-state index < -0.39 is 0 Å². The van der Waals surface area contributed by atoms with Gasteiger partial charge < -0.3 is 5.11 Å². The summed E-state index contributed by atoms with van der Waals surface area (Å²) in [5, 5.41) is 17.1. The smallest absolute Gasteiger partial charge is 0.0850 e. The van der Waals surface area contributed by atoms with Crippen molar-refractivity contribution in [2.24, 2.45) is 5.92 Å². The Kier molecular flexibility index (Phi) is 3.93. The van der Waals surface area contributed by atoms with E-state index in [2.05, 4.69) is 17.2 Å². The van der Waals surface area contributed by atoms with Gasteiger partial charge in [-0.2, -0.15) is 0 Å². The Morgan fingerprint density at radius 1 is 1.50 bits per heavy atom. The van der Waals surface area contributed by atoms with E-state index in [0.29, 0.717) is 12.5 Å². The second kappa shape index (κ2) is 5.43. The third kappa shape index (κ3) is 2.61. The van der Waals surface area contributed by atoms with E-state index in [1.165, 1.54) is 32.1 Å². The summed E-state index contributed by atoms with van der Waals surface area (Å²) in [5.41, 5.74) is 0.904. The lowest BCUT2D eigenvalue weighted by Gasteiger charge is -2.28. The van der Waals surface area contributed by atoms with Gasteiger partial charge in [-0.1, -0.05) is 31.4 Å². The van der Waals surface area contributed by atoms with Gasteiger partial charge >= 0.3 is 0 Å². The van der Waals surface area contributed by atoms with E-state index in [0.717, 1.165) is 11.6 Å². The van der Waals surface area contributed by atoms with Crippen LogP contribution in [-0.4, -0.2) is 26.7 Å². The fourth-order valence-corrected chi connectivity index (χ4v) is 2.59. The minimum absolute atomic E-state index is 0.154. The van der Waals surface area contributed by atoms with Crippen molar-refractivity contribution < 1.29 is 5.11 Å². The predicted molar refractivity (Wildman–Crippen MR) is 62.1 cm³/mol. The van der Waals surface area contributed by atoms with Crippen molar-refractivity contribution in [1.29, 1.82) is 0 Å². The van der Waals surface area contributed by atoms with Gasteiger partial charge in [0.2, 0.25) is 0 Å². The van der Waals surface area contributed by atoms with Gasteiger partial charge in [0, 0.05) is 19.2 Å². The van der Waals surface area contributed by atoms with Crippen LogP contribution in [0.5, 0.6) is 0 Å². The number of hydrogen-bond acceptors (Lipinski definition) is 3. The highest BCUT2D eigenvalue weighted by Crippen LogP contribution is 2.33. The second-order valence-corrected chi connectivity index (χ2v) is 4.76. The highest BCUT2D eigenvalue weighted by Gasteiger charge is 2.22. The molecule has 0 spiro atoms. The number of rotatable bonds is 4. The fraction of sp³-hybridized carbons (Fsp3) is 0.833. The van der Waals surface area contributed by atoms with E-state index in [9.17, 15) is 0 Å². The van der Waals surface area contributed by atoms with Gasteiger partial charge in [-0.15, -0.1) is 5.10 Å². The number of aliphatic hydroxyl groups excluding tert-OH is 1. The van der Waals surface area contributed by atoms with Crippen LogP contribution in [0.3, 0.4) is 0 Å². The first-order chi connectivity index (χ1) is 7.83. The molecular weight excluding hydrogens is 202 g/mol. The van der Waals surface area contributed by atoms with E-state index in [4.69, 9.17) is 5.11 Å². The van der Waals surface area contributed by atoms with E-state index in [1.54, 1.807) is 0 Å². The molecule has 1 fully saturated rings. The largest absolute Gasteiger partial charge is 0.396 e. The summed E-state index contributed by atoms with van der Waals surface area (Å²) in [5.74, 6) is 0.851. The number of aromatic nitrogens is 3. The van der Waals surface area contributed by atoms with Crippen LogP contribution in [0.25, 0.3) is 0 Å². The first-order valence-electron chi connectivity index (χ1n) is 6.35. The molecule has 4 nitrogen and oxygen atoms in total. The van der Waals surface area contributed by atoms with Crippen molar-refractivity contribution in [3.63, 3.8) is 0 Å². The van der Waals surface area contributed by atoms with E-state index in [-0.39, 0.29) is 6.61 Å². The van der Waals surface area contributed by atoms with Crippen molar-refractivity contribution in [3.05, 3.63) is 11.9 Å². The summed E-state index contributed by atoms with van der Waals surface area (Å²) < 4.78 is 2.01. The zero-order chi connectivity index (χ0) is 11.4. The number of nitrogens with zero attached hydrogens (tertiary/aromatic N) is 3. The Morgan fingerprint density at radius 2 is 2.38 bits per heavy atom. The molecule has 1 aromatic heterocycles. The third-order valence-electron chi connectivity index (χ3n) is 3.63. The van der Waals surface area contributed by atoms with E-state index >= 15 is 0 Å². The molecule has 1 heterocycles. The molecule has 1 aliphatic carbocycles. The van der Waals surface area contributed by atoms with Gasteiger partial charge in [0.25, 0.3) is 0 Å². The quantitative estimate of drug-likeness (QED) is 0.848. The zero-order valence-corrected chi connectivity index (χ0v) is 9.97. The Hall–Kier alpha value is -0.900. The van der Waals surface area contributed by atoms with Crippen LogP contribution in [-0.2, 0) is 6.42 Å². The molecule has 0 saturated heterocycles. The van der Waals surface area contributed by atoms with Crippen LogP contribution in [0.2, 0.25) is 0 Å². The Morgan fingerprint density at radius 3 is 3.12 bits per heavy atom. The lowest BCUT2D eigenvalue weighted by Crippen LogP contribution is -2.19. The SMILES string of the molecule is CCC1CCCC(n2cc(CCO)nn2)C1. The Bertz CT molecular complexity index is 324. The Balaban J connectivity index is 1.99. The van der Waals surface area contributed by atoms with Gasteiger partial charge in [0.15, 0.2) is 0 Å². The van der Waals surface area contributed by atoms with Crippen LogP contribution >= 0.6 is 0 Å². The average Bonchev–Trinajstić information content (AvgIpc) is 2.78. The first kappa shape index (κ1) is 11.6. The van der Waals surface area contributed by atoms with Crippen LogP contribution in [0.15, 0.2) is 6.20 Å². The third-order valence-corrected chi connectivity index (χ3v) is 3.63. The molecule has 0 aromatic carbocycles. The molecule has 1 aromatic rings.